The fourth-order valence-electron chi connectivity index (χ4n) is 3.43. The van der Waals surface area contributed by atoms with Crippen LogP contribution in [-0.4, -0.2) is 27.6 Å². The molecular formula is C22H23FN4O3. The Hall–Kier alpha value is -3.42. The number of nitrogens with zero attached hydrogens (tertiary/aromatic N) is 3. The molecule has 7 nitrogen and oxygen atoms in total. The third-order valence-electron chi connectivity index (χ3n) is 5.04. The summed E-state index contributed by atoms with van der Waals surface area (Å²) < 4.78 is 24.9. The standard InChI is InChI=1S/C22H23FN4O3/c1-15-9-11-16(12-10-15)29-14-20-25-21(26-30-20)19-8-4-5-13-27(19)22(28)24-18-7-3-2-6-17(18)23/h2-3,6-7,9-12,19H,4-5,8,13-14H2,1H3,(H,24,28). The zero-order valence-corrected chi connectivity index (χ0v) is 16.7. The van der Waals surface area contributed by atoms with Crippen LogP contribution in [0.5, 0.6) is 5.75 Å². The molecule has 1 aliphatic rings. The van der Waals surface area contributed by atoms with Gasteiger partial charge in [-0.3, -0.25) is 0 Å². The number of hydrogen-bond donors (Lipinski definition) is 1. The lowest BCUT2D eigenvalue weighted by molar-refractivity contribution is 0.157. The molecule has 4 rings (SSSR count). The van der Waals surface area contributed by atoms with Gasteiger partial charge in [-0.1, -0.05) is 35.0 Å². The van der Waals surface area contributed by atoms with Gasteiger partial charge in [0.15, 0.2) is 12.4 Å². The van der Waals surface area contributed by atoms with E-state index in [0.29, 0.717) is 30.4 Å². The number of halogens is 1. The van der Waals surface area contributed by atoms with E-state index in [1.165, 1.54) is 12.1 Å². The molecule has 2 heterocycles. The zero-order valence-electron chi connectivity index (χ0n) is 16.7. The molecule has 30 heavy (non-hydrogen) atoms. The number of carbonyl (C=O) groups excluding carboxylic acids is 1. The van der Waals surface area contributed by atoms with Crippen LogP contribution < -0.4 is 10.1 Å². The summed E-state index contributed by atoms with van der Waals surface area (Å²) in [6.07, 6.45) is 2.52. The van der Waals surface area contributed by atoms with E-state index in [-0.39, 0.29) is 24.4 Å². The molecule has 0 spiro atoms. The second-order valence-electron chi connectivity index (χ2n) is 7.26. The summed E-state index contributed by atoms with van der Waals surface area (Å²) in [6.45, 7) is 2.69. The third-order valence-corrected chi connectivity index (χ3v) is 5.04. The van der Waals surface area contributed by atoms with Crippen LogP contribution in [0.3, 0.4) is 0 Å². The Bertz CT molecular complexity index is 1010. The number of likely N-dealkylation sites (tertiary alicyclic amines) is 1. The maximum atomic E-state index is 13.9. The van der Waals surface area contributed by atoms with E-state index in [2.05, 4.69) is 15.5 Å². The highest BCUT2D eigenvalue weighted by molar-refractivity contribution is 5.89. The smallest absolute Gasteiger partial charge is 0.322 e. The molecule has 2 amide bonds. The topological polar surface area (TPSA) is 80.5 Å². The van der Waals surface area contributed by atoms with Gasteiger partial charge in [0.25, 0.3) is 5.89 Å². The molecule has 3 aromatic rings. The van der Waals surface area contributed by atoms with Gasteiger partial charge in [0.2, 0.25) is 0 Å². The second kappa shape index (κ2) is 8.94. The number of carbonyl (C=O) groups is 1. The summed E-state index contributed by atoms with van der Waals surface area (Å²) >= 11 is 0. The molecule has 0 radical (unpaired) electrons. The van der Waals surface area contributed by atoms with E-state index in [9.17, 15) is 9.18 Å². The summed E-state index contributed by atoms with van der Waals surface area (Å²) in [7, 11) is 0. The van der Waals surface area contributed by atoms with E-state index in [4.69, 9.17) is 9.26 Å². The number of amides is 2. The minimum atomic E-state index is -0.477. The van der Waals surface area contributed by atoms with Crippen molar-refractivity contribution in [3.63, 3.8) is 0 Å². The molecule has 1 unspecified atom stereocenters. The first-order valence-electron chi connectivity index (χ1n) is 9.94. The van der Waals surface area contributed by atoms with Crippen LogP contribution in [0.4, 0.5) is 14.9 Å². The van der Waals surface area contributed by atoms with E-state index >= 15 is 0 Å². The monoisotopic (exact) mass is 410 g/mol. The average Bonchev–Trinajstić information content (AvgIpc) is 3.24. The summed E-state index contributed by atoms with van der Waals surface area (Å²) in [4.78, 5) is 18.8. The third kappa shape index (κ3) is 4.59. The number of aromatic nitrogens is 2. The van der Waals surface area contributed by atoms with Crippen molar-refractivity contribution in [3.8, 4) is 5.75 Å². The van der Waals surface area contributed by atoms with Gasteiger partial charge < -0.3 is 19.5 Å². The number of anilines is 1. The van der Waals surface area contributed by atoms with E-state index in [1.807, 2.05) is 31.2 Å². The first-order valence-corrected chi connectivity index (χ1v) is 9.94. The summed E-state index contributed by atoms with van der Waals surface area (Å²) in [5, 5.41) is 6.70. The molecule has 1 aliphatic heterocycles. The van der Waals surface area contributed by atoms with Gasteiger partial charge in [-0.05, 0) is 50.5 Å². The maximum Gasteiger partial charge on any atom is 0.322 e. The predicted octanol–water partition coefficient (Wildman–Crippen LogP) is 4.86. The van der Waals surface area contributed by atoms with Crippen LogP contribution in [-0.2, 0) is 6.61 Å². The number of ether oxygens (including phenoxy) is 1. The van der Waals surface area contributed by atoms with Crippen LogP contribution in [0.1, 0.15) is 42.6 Å². The SMILES string of the molecule is Cc1ccc(OCc2nc(C3CCCCN3C(=O)Nc3ccccc3F)no2)cc1. The summed E-state index contributed by atoms with van der Waals surface area (Å²) in [6, 6.07) is 13.1. The molecule has 1 N–H and O–H groups in total. The molecule has 2 aromatic carbocycles. The van der Waals surface area contributed by atoms with Crippen LogP contribution in [0.2, 0.25) is 0 Å². The van der Waals surface area contributed by atoms with Crippen molar-refractivity contribution >= 4 is 11.7 Å². The fourth-order valence-corrected chi connectivity index (χ4v) is 3.43. The lowest BCUT2D eigenvalue weighted by Gasteiger charge is -2.33. The Morgan fingerprint density at radius 3 is 2.83 bits per heavy atom. The number of rotatable bonds is 5. The van der Waals surface area contributed by atoms with Gasteiger partial charge in [-0.15, -0.1) is 0 Å². The van der Waals surface area contributed by atoms with Gasteiger partial charge in [-0.2, -0.15) is 4.98 Å². The minimum Gasteiger partial charge on any atom is -0.484 e. The summed E-state index contributed by atoms with van der Waals surface area (Å²) in [5.41, 5.74) is 1.29. The van der Waals surface area contributed by atoms with Crippen molar-refractivity contribution < 1.29 is 18.4 Å². The largest absolute Gasteiger partial charge is 0.484 e. The van der Waals surface area contributed by atoms with Crippen LogP contribution in [0.15, 0.2) is 53.1 Å². The van der Waals surface area contributed by atoms with Crippen molar-refractivity contribution in [2.24, 2.45) is 0 Å². The van der Waals surface area contributed by atoms with Gasteiger partial charge in [0.05, 0.1) is 11.7 Å². The molecule has 1 atom stereocenters. The molecule has 8 heteroatoms. The highest BCUT2D eigenvalue weighted by Crippen LogP contribution is 2.30. The van der Waals surface area contributed by atoms with Crippen molar-refractivity contribution in [1.29, 1.82) is 0 Å². The molecular weight excluding hydrogens is 387 g/mol. The number of aryl methyl sites for hydroxylation is 1. The van der Waals surface area contributed by atoms with E-state index in [1.54, 1.807) is 17.0 Å². The van der Waals surface area contributed by atoms with Crippen molar-refractivity contribution in [2.45, 2.75) is 38.8 Å². The second-order valence-corrected chi connectivity index (χ2v) is 7.26. The fraction of sp³-hybridized carbons (Fsp3) is 0.318. The quantitative estimate of drug-likeness (QED) is 0.650. The molecule has 0 bridgehead atoms. The molecule has 1 saturated heterocycles. The Morgan fingerprint density at radius 1 is 1.23 bits per heavy atom. The van der Waals surface area contributed by atoms with Gasteiger partial charge in [0.1, 0.15) is 11.6 Å². The number of para-hydroxylation sites is 1. The van der Waals surface area contributed by atoms with Crippen LogP contribution >= 0.6 is 0 Å². The zero-order chi connectivity index (χ0) is 20.9. The Morgan fingerprint density at radius 2 is 2.03 bits per heavy atom. The van der Waals surface area contributed by atoms with E-state index in [0.717, 1.165) is 18.4 Å². The number of benzene rings is 2. The van der Waals surface area contributed by atoms with Crippen LogP contribution in [0, 0.1) is 12.7 Å². The Kier molecular flexibility index (Phi) is 5.92. The molecule has 0 saturated carbocycles. The van der Waals surface area contributed by atoms with Crippen molar-refractivity contribution in [2.75, 3.05) is 11.9 Å². The predicted molar refractivity (Wildman–Crippen MR) is 109 cm³/mol. The molecule has 1 fully saturated rings. The summed E-state index contributed by atoms with van der Waals surface area (Å²) in [5.74, 6) is 1.00. The average molecular weight is 410 g/mol. The maximum absolute atomic E-state index is 13.9. The highest BCUT2D eigenvalue weighted by atomic mass is 19.1. The number of piperidine rings is 1. The molecule has 1 aromatic heterocycles. The van der Waals surface area contributed by atoms with E-state index < -0.39 is 5.82 Å². The van der Waals surface area contributed by atoms with Crippen LogP contribution in [0.25, 0.3) is 0 Å². The lowest BCUT2D eigenvalue weighted by Crippen LogP contribution is -2.41. The van der Waals surface area contributed by atoms with Crippen molar-refractivity contribution in [3.05, 3.63) is 71.6 Å². The Balaban J connectivity index is 1.43. The van der Waals surface area contributed by atoms with Crippen molar-refractivity contribution in [1.82, 2.24) is 15.0 Å². The first kappa shape index (κ1) is 19.9. The van der Waals surface area contributed by atoms with Gasteiger partial charge in [0, 0.05) is 6.54 Å². The number of hydrogen-bond acceptors (Lipinski definition) is 5. The highest BCUT2D eigenvalue weighted by Gasteiger charge is 2.32. The number of nitrogens with one attached hydrogen (secondary N) is 1. The number of urea groups is 1. The minimum absolute atomic E-state index is 0.143. The normalized spacial score (nSPS) is 16.3. The first-order chi connectivity index (χ1) is 14.6. The Labute approximate surface area is 173 Å². The lowest BCUT2D eigenvalue weighted by atomic mass is 10.0. The van der Waals surface area contributed by atoms with Gasteiger partial charge >= 0.3 is 6.03 Å². The molecule has 0 aliphatic carbocycles. The molecule has 156 valence electrons. The van der Waals surface area contributed by atoms with Gasteiger partial charge in [-0.25, -0.2) is 9.18 Å².